The number of nitrogens with zero attached hydrogens (tertiary/aromatic N) is 1. The van der Waals surface area contributed by atoms with Gasteiger partial charge in [-0.3, -0.25) is 4.79 Å². The first-order chi connectivity index (χ1) is 10.1. The molecule has 1 fully saturated rings. The van der Waals surface area contributed by atoms with Crippen LogP contribution in [0.1, 0.15) is 37.7 Å². The van der Waals surface area contributed by atoms with Crippen molar-refractivity contribution in [1.29, 1.82) is 0 Å². The average Bonchev–Trinajstić information content (AvgIpc) is 2.95. The fourth-order valence-electron chi connectivity index (χ4n) is 2.52. The van der Waals surface area contributed by atoms with E-state index < -0.39 is 6.10 Å². The number of rotatable bonds is 5. The highest BCUT2D eigenvalue weighted by molar-refractivity contribution is 6.36. The Balaban J connectivity index is 1.81. The molecule has 1 aliphatic carbocycles. The van der Waals surface area contributed by atoms with Gasteiger partial charge in [-0.2, -0.15) is 5.10 Å². The van der Waals surface area contributed by atoms with Crippen molar-refractivity contribution in [3.05, 3.63) is 33.8 Å². The number of carbonyl (C=O) groups excluding carboxylic acids is 1. The number of halogens is 2. The molecule has 0 saturated heterocycles. The molecule has 0 spiro atoms. The lowest BCUT2D eigenvalue weighted by molar-refractivity contribution is -0.123. The molecule has 1 aromatic carbocycles. The second-order valence-electron chi connectivity index (χ2n) is 5.28. The third-order valence-corrected chi connectivity index (χ3v) is 4.26. The molecule has 1 atom stereocenters. The van der Waals surface area contributed by atoms with E-state index in [0.29, 0.717) is 15.6 Å². The molecule has 2 rings (SSSR count). The number of hydrazone groups is 1. The standard InChI is InChI=1S/C15H18Cl2N2O2/c16-12-6-5-11(13(17)7-12)9-18-19-15(21)8-14(20)10-3-1-2-4-10/h5-7,9-10,14,20H,1-4,8H2,(H,19,21)/b18-9+. The molecule has 0 aliphatic heterocycles. The van der Waals surface area contributed by atoms with E-state index in [2.05, 4.69) is 10.5 Å². The van der Waals surface area contributed by atoms with Gasteiger partial charge in [-0.25, -0.2) is 5.43 Å². The molecule has 6 heteroatoms. The van der Waals surface area contributed by atoms with E-state index in [0.717, 1.165) is 25.7 Å². The van der Waals surface area contributed by atoms with Crippen LogP contribution in [0.3, 0.4) is 0 Å². The predicted molar refractivity (Wildman–Crippen MR) is 84.8 cm³/mol. The molecule has 0 aromatic heterocycles. The number of hydrogen-bond donors (Lipinski definition) is 2. The highest BCUT2D eigenvalue weighted by Gasteiger charge is 2.24. The number of amides is 1. The lowest BCUT2D eigenvalue weighted by atomic mass is 9.98. The summed E-state index contributed by atoms with van der Waals surface area (Å²) in [6.07, 6.45) is 5.22. The molecule has 1 aromatic rings. The normalized spacial score (nSPS) is 17.3. The number of nitrogens with one attached hydrogen (secondary N) is 1. The smallest absolute Gasteiger partial charge is 0.242 e. The highest BCUT2D eigenvalue weighted by Crippen LogP contribution is 2.28. The predicted octanol–water partition coefficient (Wildman–Crippen LogP) is 3.38. The third-order valence-electron chi connectivity index (χ3n) is 3.69. The number of aliphatic hydroxyl groups excluding tert-OH is 1. The summed E-state index contributed by atoms with van der Waals surface area (Å²) in [5.74, 6) is -0.0545. The fraction of sp³-hybridized carbons (Fsp3) is 0.467. The minimum absolute atomic E-state index is 0.0797. The Bertz CT molecular complexity index is 528. The number of hydrogen-bond acceptors (Lipinski definition) is 3. The highest BCUT2D eigenvalue weighted by atomic mass is 35.5. The summed E-state index contributed by atoms with van der Waals surface area (Å²) in [6, 6.07) is 5.02. The molecular formula is C15H18Cl2N2O2. The van der Waals surface area contributed by atoms with Crippen molar-refractivity contribution in [3.63, 3.8) is 0 Å². The Morgan fingerprint density at radius 1 is 1.43 bits per heavy atom. The first-order valence-electron chi connectivity index (χ1n) is 7.01. The van der Waals surface area contributed by atoms with Gasteiger partial charge in [-0.05, 0) is 30.9 Å². The van der Waals surface area contributed by atoms with Gasteiger partial charge in [0.05, 0.1) is 23.8 Å². The maximum Gasteiger partial charge on any atom is 0.242 e. The first kappa shape index (κ1) is 16.3. The molecule has 1 amide bonds. The lowest BCUT2D eigenvalue weighted by Gasteiger charge is -2.16. The van der Waals surface area contributed by atoms with E-state index in [1.807, 2.05) is 0 Å². The minimum atomic E-state index is -0.582. The van der Waals surface area contributed by atoms with Crippen molar-refractivity contribution in [2.45, 2.75) is 38.2 Å². The Labute approximate surface area is 134 Å². The van der Waals surface area contributed by atoms with Crippen molar-refractivity contribution in [2.75, 3.05) is 0 Å². The molecule has 1 unspecified atom stereocenters. The summed E-state index contributed by atoms with van der Waals surface area (Å²) in [5, 5.41) is 14.8. The van der Waals surface area contributed by atoms with Crippen LogP contribution in [0.5, 0.6) is 0 Å². The van der Waals surface area contributed by atoms with E-state index in [-0.39, 0.29) is 18.2 Å². The summed E-state index contributed by atoms with van der Waals surface area (Å²) in [7, 11) is 0. The Kier molecular flexibility index (Phi) is 6.03. The number of benzene rings is 1. The first-order valence-corrected chi connectivity index (χ1v) is 7.77. The zero-order valence-corrected chi connectivity index (χ0v) is 13.1. The SMILES string of the molecule is O=C(CC(O)C1CCCC1)N/N=C/c1ccc(Cl)cc1Cl. The van der Waals surface area contributed by atoms with Crippen LogP contribution in [0.2, 0.25) is 10.0 Å². The van der Waals surface area contributed by atoms with Gasteiger partial charge in [0.25, 0.3) is 0 Å². The lowest BCUT2D eigenvalue weighted by Crippen LogP contribution is -2.27. The molecule has 21 heavy (non-hydrogen) atoms. The van der Waals surface area contributed by atoms with Crippen LogP contribution in [0, 0.1) is 5.92 Å². The summed E-state index contributed by atoms with van der Waals surface area (Å²) in [5.41, 5.74) is 3.07. The van der Waals surface area contributed by atoms with E-state index in [1.54, 1.807) is 18.2 Å². The molecular weight excluding hydrogens is 311 g/mol. The van der Waals surface area contributed by atoms with E-state index in [1.165, 1.54) is 6.21 Å². The molecule has 2 N–H and O–H groups in total. The van der Waals surface area contributed by atoms with Gasteiger partial charge < -0.3 is 5.11 Å². The van der Waals surface area contributed by atoms with Crippen molar-refractivity contribution in [3.8, 4) is 0 Å². The quantitative estimate of drug-likeness (QED) is 0.642. The van der Waals surface area contributed by atoms with Crippen LogP contribution in [0.4, 0.5) is 0 Å². The van der Waals surface area contributed by atoms with E-state index >= 15 is 0 Å². The summed E-state index contributed by atoms with van der Waals surface area (Å²) in [6.45, 7) is 0. The van der Waals surface area contributed by atoms with E-state index in [9.17, 15) is 9.90 Å². The van der Waals surface area contributed by atoms with Crippen LogP contribution in [0.15, 0.2) is 23.3 Å². The summed E-state index contributed by atoms with van der Waals surface area (Å²) < 4.78 is 0. The Hall–Kier alpha value is -1.10. The molecule has 4 nitrogen and oxygen atoms in total. The number of aliphatic hydroxyl groups is 1. The van der Waals surface area contributed by atoms with Gasteiger partial charge >= 0.3 is 0 Å². The minimum Gasteiger partial charge on any atom is -0.392 e. The van der Waals surface area contributed by atoms with Gasteiger partial charge in [-0.15, -0.1) is 0 Å². The fourth-order valence-corrected chi connectivity index (χ4v) is 2.98. The molecule has 114 valence electrons. The van der Waals surface area contributed by atoms with Crippen molar-refractivity contribution in [1.82, 2.24) is 5.43 Å². The van der Waals surface area contributed by atoms with Crippen LogP contribution >= 0.6 is 23.2 Å². The van der Waals surface area contributed by atoms with Gasteiger partial charge in [-0.1, -0.05) is 42.1 Å². The Morgan fingerprint density at radius 2 is 2.14 bits per heavy atom. The molecule has 1 aliphatic rings. The van der Waals surface area contributed by atoms with Gasteiger partial charge in [0.15, 0.2) is 0 Å². The van der Waals surface area contributed by atoms with Gasteiger partial charge in [0.1, 0.15) is 0 Å². The van der Waals surface area contributed by atoms with Crippen molar-refractivity contribution < 1.29 is 9.90 Å². The van der Waals surface area contributed by atoms with Crippen LogP contribution in [-0.2, 0) is 4.79 Å². The summed E-state index contributed by atoms with van der Waals surface area (Å²) >= 11 is 11.8. The second kappa shape index (κ2) is 7.78. The summed E-state index contributed by atoms with van der Waals surface area (Å²) in [4.78, 5) is 11.7. The molecule has 1 saturated carbocycles. The number of carbonyl (C=O) groups is 1. The molecule has 0 bridgehead atoms. The largest absolute Gasteiger partial charge is 0.392 e. The zero-order valence-electron chi connectivity index (χ0n) is 11.6. The van der Waals surface area contributed by atoms with Gasteiger partial charge in [0, 0.05) is 10.6 Å². The van der Waals surface area contributed by atoms with Crippen LogP contribution in [0.25, 0.3) is 0 Å². The zero-order chi connectivity index (χ0) is 15.2. The average molecular weight is 329 g/mol. The van der Waals surface area contributed by atoms with Crippen molar-refractivity contribution >= 4 is 35.3 Å². The van der Waals surface area contributed by atoms with Gasteiger partial charge in [0.2, 0.25) is 5.91 Å². The third kappa shape index (κ3) is 4.99. The topological polar surface area (TPSA) is 61.7 Å². The monoisotopic (exact) mass is 328 g/mol. The van der Waals surface area contributed by atoms with Crippen molar-refractivity contribution in [2.24, 2.45) is 11.0 Å². The maximum absolute atomic E-state index is 11.7. The van der Waals surface area contributed by atoms with E-state index in [4.69, 9.17) is 23.2 Å². The molecule has 0 radical (unpaired) electrons. The molecule has 0 heterocycles. The van der Waals surface area contributed by atoms with Crippen LogP contribution < -0.4 is 5.43 Å². The van der Waals surface area contributed by atoms with Crippen LogP contribution in [-0.4, -0.2) is 23.3 Å². The second-order valence-corrected chi connectivity index (χ2v) is 6.12. The maximum atomic E-state index is 11.7. The Morgan fingerprint density at radius 3 is 2.81 bits per heavy atom.